The molecule has 1 aliphatic carbocycles. The molecule has 3 fully saturated rings. The van der Waals surface area contributed by atoms with Crippen LogP contribution in [0.2, 0.25) is 0 Å². The third-order valence-corrected chi connectivity index (χ3v) is 8.95. The number of nitrogens with zero attached hydrogens (tertiary/aromatic N) is 1. The monoisotopic (exact) mass is 543 g/mol. The topological polar surface area (TPSA) is 97.0 Å². The predicted octanol–water partition coefficient (Wildman–Crippen LogP) is 4.38. The normalized spacial score (nSPS) is 29.8. The van der Waals surface area contributed by atoms with Gasteiger partial charge in [0, 0.05) is 11.7 Å². The van der Waals surface area contributed by atoms with E-state index in [1.165, 1.54) is 6.42 Å². The van der Waals surface area contributed by atoms with E-state index in [-0.39, 0.29) is 29.8 Å². The smallest absolute Gasteiger partial charge is 0.246 e. The second kappa shape index (κ2) is 10.7. The van der Waals surface area contributed by atoms with Gasteiger partial charge < -0.3 is 25.0 Å². The van der Waals surface area contributed by atoms with Crippen LogP contribution in [0.25, 0.3) is 0 Å². The number of rotatable bonds is 8. The van der Waals surface area contributed by atoms with Gasteiger partial charge in [-0.2, -0.15) is 0 Å². The second-order valence-corrected chi connectivity index (χ2v) is 11.3. The maximum Gasteiger partial charge on any atom is 0.246 e. The number of nitrogens with one attached hydrogen (secondary N) is 2. The zero-order valence-corrected chi connectivity index (χ0v) is 23.0. The lowest BCUT2D eigenvalue weighted by Gasteiger charge is -2.37. The van der Waals surface area contributed by atoms with Gasteiger partial charge in [-0.05, 0) is 56.5 Å². The largest absolute Gasteiger partial charge is 0.494 e. The van der Waals surface area contributed by atoms with Crippen molar-refractivity contribution in [1.29, 1.82) is 0 Å². The molecular weight excluding hydrogens is 506 g/mol. The first-order valence-electron chi connectivity index (χ1n) is 14.5. The highest BCUT2D eigenvalue weighted by Gasteiger charge is 2.73. The molecule has 2 aromatic rings. The van der Waals surface area contributed by atoms with Crippen molar-refractivity contribution in [3.05, 3.63) is 72.3 Å². The van der Waals surface area contributed by atoms with Gasteiger partial charge >= 0.3 is 0 Å². The Hall–Kier alpha value is -3.65. The number of likely N-dealkylation sites (tertiary alicyclic amines) is 1. The van der Waals surface area contributed by atoms with Gasteiger partial charge in [0.1, 0.15) is 17.4 Å². The second-order valence-electron chi connectivity index (χ2n) is 11.3. The summed E-state index contributed by atoms with van der Waals surface area (Å²) in [5, 5.41) is 6.22. The summed E-state index contributed by atoms with van der Waals surface area (Å²) >= 11 is 0. The van der Waals surface area contributed by atoms with E-state index in [1.54, 1.807) is 29.2 Å². The van der Waals surface area contributed by atoms with Crippen LogP contribution in [-0.2, 0) is 19.1 Å². The number of hydrogen-bond donors (Lipinski definition) is 2. The van der Waals surface area contributed by atoms with E-state index in [4.69, 9.17) is 9.47 Å². The van der Waals surface area contributed by atoms with Crippen molar-refractivity contribution in [3.8, 4) is 5.75 Å². The van der Waals surface area contributed by atoms with Crippen LogP contribution in [-0.4, -0.2) is 53.0 Å². The first-order chi connectivity index (χ1) is 19.4. The number of anilines is 1. The molecule has 3 heterocycles. The SMILES string of the molecule is CCOc1ccc(NC(=O)C2C3C=CC4(O3)C2C(=O)N(C(C)c2ccccc2)C4C(=O)NC2CCCCC2)cc1. The molecule has 2 bridgehead atoms. The highest BCUT2D eigenvalue weighted by molar-refractivity contribution is 6.03. The van der Waals surface area contributed by atoms with Crippen LogP contribution < -0.4 is 15.4 Å². The lowest BCUT2D eigenvalue weighted by molar-refractivity contribution is -0.143. The van der Waals surface area contributed by atoms with E-state index in [9.17, 15) is 14.4 Å². The molecule has 0 aromatic heterocycles. The fourth-order valence-corrected chi connectivity index (χ4v) is 7.07. The summed E-state index contributed by atoms with van der Waals surface area (Å²) in [6, 6.07) is 15.7. The molecule has 2 N–H and O–H groups in total. The lowest BCUT2D eigenvalue weighted by atomic mass is 9.74. The number of carbonyl (C=O) groups excluding carboxylic acids is 3. The number of amides is 3. The van der Waals surface area contributed by atoms with Gasteiger partial charge in [0.2, 0.25) is 17.7 Å². The van der Waals surface area contributed by atoms with Crippen molar-refractivity contribution in [2.24, 2.45) is 11.8 Å². The molecule has 8 nitrogen and oxygen atoms in total. The molecular formula is C32H37N3O5. The van der Waals surface area contributed by atoms with Gasteiger partial charge in [-0.25, -0.2) is 0 Å². The summed E-state index contributed by atoms with van der Waals surface area (Å²) in [5.74, 6) is -1.55. The minimum Gasteiger partial charge on any atom is -0.494 e. The average molecular weight is 544 g/mol. The van der Waals surface area contributed by atoms with Crippen molar-refractivity contribution < 1.29 is 23.9 Å². The maximum absolute atomic E-state index is 14.3. The van der Waals surface area contributed by atoms with Crippen LogP contribution in [0.1, 0.15) is 57.6 Å². The third-order valence-electron chi connectivity index (χ3n) is 8.95. The zero-order chi connectivity index (χ0) is 27.9. The predicted molar refractivity (Wildman–Crippen MR) is 150 cm³/mol. The Balaban J connectivity index is 1.31. The van der Waals surface area contributed by atoms with Gasteiger partial charge in [-0.1, -0.05) is 61.7 Å². The fraction of sp³-hybridized carbons (Fsp3) is 0.469. The first kappa shape index (κ1) is 26.6. The molecule has 40 heavy (non-hydrogen) atoms. The standard InChI is InChI=1S/C32H37N3O5/c1-3-39-24-16-14-23(15-17-24)33-29(36)26-25-18-19-32(40-25)27(26)31(38)35(20(2)21-10-6-4-7-11-21)28(32)30(37)34-22-12-8-5-9-13-22/h4,6-7,10-11,14-20,22,25-28H,3,5,8-9,12-13H2,1-2H3,(H,33,36)(H,34,37). The van der Waals surface area contributed by atoms with E-state index in [0.717, 1.165) is 31.2 Å². The molecule has 6 unspecified atom stereocenters. The van der Waals surface area contributed by atoms with Crippen LogP contribution in [0.3, 0.4) is 0 Å². The van der Waals surface area contributed by atoms with Crippen LogP contribution in [0, 0.1) is 11.8 Å². The highest BCUT2D eigenvalue weighted by atomic mass is 16.5. The Kier molecular flexibility index (Phi) is 7.13. The molecule has 8 heteroatoms. The van der Waals surface area contributed by atoms with Gasteiger partial charge in [-0.3, -0.25) is 14.4 Å². The van der Waals surface area contributed by atoms with E-state index in [1.807, 2.05) is 56.3 Å². The van der Waals surface area contributed by atoms with Crippen molar-refractivity contribution >= 4 is 23.4 Å². The molecule has 2 saturated heterocycles. The Morgan fingerprint density at radius 1 is 1.05 bits per heavy atom. The summed E-state index contributed by atoms with van der Waals surface area (Å²) < 4.78 is 12.0. The maximum atomic E-state index is 14.3. The number of carbonyl (C=O) groups is 3. The first-order valence-corrected chi connectivity index (χ1v) is 14.5. The Bertz CT molecular complexity index is 1290. The van der Waals surface area contributed by atoms with Crippen LogP contribution >= 0.6 is 0 Å². The Labute approximate surface area is 235 Å². The van der Waals surface area contributed by atoms with Crippen LogP contribution in [0.4, 0.5) is 5.69 Å². The number of benzene rings is 2. The molecule has 0 radical (unpaired) electrons. The molecule has 4 aliphatic rings. The molecule has 2 aromatic carbocycles. The van der Waals surface area contributed by atoms with Gasteiger partial charge in [0.05, 0.1) is 30.6 Å². The van der Waals surface area contributed by atoms with Crippen molar-refractivity contribution in [1.82, 2.24) is 10.2 Å². The number of hydrogen-bond acceptors (Lipinski definition) is 5. The summed E-state index contributed by atoms with van der Waals surface area (Å²) in [4.78, 5) is 43.7. The molecule has 3 aliphatic heterocycles. The summed E-state index contributed by atoms with van der Waals surface area (Å²) in [6.45, 7) is 4.41. The van der Waals surface area contributed by atoms with Gasteiger partial charge in [0.15, 0.2) is 0 Å². The highest BCUT2D eigenvalue weighted by Crippen LogP contribution is 2.56. The molecule has 6 rings (SSSR count). The minimum absolute atomic E-state index is 0.0852. The molecule has 6 atom stereocenters. The van der Waals surface area contributed by atoms with Gasteiger partial charge in [-0.15, -0.1) is 0 Å². The quantitative estimate of drug-likeness (QED) is 0.482. The third kappa shape index (κ3) is 4.48. The van der Waals surface area contributed by atoms with Crippen LogP contribution in [0.5, 0.6) is 5.75 Å². The van der Waals surface area contributed by atoms with E-state index < -0.39 is 29.6 Å². The molecule has 1 saturated carbocycles. The van der Waals surface area contributed by atoms with E-state index in [0.29, 0.717) is 18.0 Å². The molecule has 3 amide bonds. The fourth-order valence-electron chi connectivity index (χ4n) is 7.07. The molecule has 1 spiro atoms. The number of ether oxygens (including phenoxy) is 2. The van der Waals surface area contributed by atoms with Gasteiger partial charge in [0.25, 0.3) is 0 Å². The van der Waals surface area contributed by atoms with E-state index >= 15 is 0 Å². The Morgan fingerprint density at radius 2 is 1.77 bits per heavy atom. The summed E-state index contributed by atoms with van der Waals surface area (Å²) in [5.41, 5.74) is 0.349. The molecule has 210 valence electrons. The van der Waals surface area contributed by atoms with Crippen LogP contribution in [0.15, 0.2) is 66.7 Å². The zero-order valence-electron chi connectivity index (χ0n) is 23.0. The van der Waals surface area contributed by atoms with E-state index in [2.05, 4.69) is 10.6 Å². The van der Waals surface area contributed by atoms with Crippen molar-refractivity contribution in [2.75, 3.05) is 11.9 Å². The van der Waals surface area contributed by atoms with Crippen molar-refractivity contribution in [2.45, 2.75) is 75.8 Å². The van der Waals surface area contributed by atoms with Crippen molar-refractivity contribution in [3.63, 3.8) is 0 Å². The summed E-state index contributed by atoms with van der Waals surface area (Å²) in [7, 11) is 0. The summed E-state index contributed by atoms with van der Waals surface area (Å²) in [6.07, 6.45) is 8.35. The Morgan fingerprint density at radius 3 is 2.48 bits per heavy atom. The minimum atomic E-state index is -1.19. The number of fused-ring (bicyclic) bond motifs is 1. The lowest BCUT2D eigenvalue weighted by Crippen LogP contribution is -2.56. The average Bonchev–Trinajstić information content (AvgIpc) is 3.62.